The maximum Gasteiger partial charge on any atom is 0.254 e. The zero-order chi connectivity index (χ0) is 20.5. The third-order valence-electron chi connectivity index (χ3n) is 4.09. The molecular weight excluding hydrogens is 428 g/mol. The molecule has 0 unspecified atom stereocenters. The number of amides is 1. The van der Waals surface area contributed by atoms with Gasteiger partial charge < -0.3 is 5.32 Å². The fraction of sp³-hybridized carbons (Fsp3) is 0.500. The zero-order valence-electron chi connectivity index (χ0n) is 15.3. The molecule has 1 fully saturated rings. The SMILES string of the molecule is CC(=O)Nc1ncc(S(=O)(=O)N2CCCN(S(=O)(=O)c3cnn(C)c3)CC2)s1. The van der Waals surface area contributed by atoms with Crippen molar-refractivity contribution in [2.75, 3.05) is 31.5 Å². The molecule has 0 atom stereocenters. The Morgan fingerprint density at radius 1 is 1.07 bits per heavy atom. The Morgan fingerprint density at radius 3 is 2.29 bits per heavy atom. The molecule has 11 nitrogen and oxygen atoms in total. The van der Waals surface area contributed by atoms with Gasteiger partial charge in [-0.3, -0.25) is 9.48 Å². The smallest absolute Gasteiger partial charge is 0.254 e. The summed E-state index contributed by atoms with van der Waals surface area (Å²) in [6.45, 7) is 1.77. The van der Waals surface area contributed by atoms with E-state index in [-0.39, 0.29) is 46.3 Å². The number of anilines is 1. The third kappa shape index (κ3) is 4.25. The van der Waals surface area contributed by atoms with Gasteiger partial charge in [-0.05, 0) is 6.42 Å². The highest BCUT2D eigenvalue weighted by Crippen LogP contribution is 2.27. The third-order valence-corrected chi connectivity index (χ3v) is 9.19. The second-order valence-corrected chi connectivity index (χ2v) is 11.3. The summed E-state index contributed by atoms with van der Waals surface area (Å²) in [4.78, 5) is 15.1. The molecule has 3 heterocycles. The van der Waals surface area contributed by atoms with Crippen LogP contribution in [0.2, 0.25) is 0 Å². The van der Waals surface area contributed by atoms with Crippen LogP contribution < -0.4 is 5.32 Å². The summed E-state index contributed by atoms with van der Waals surface area (Å²) in [5, 5.41) is 6.53. The minimum atomic E-state index is -3.83. The predicted octanol–water partition coefficient (Wildman–Crippen LogP) is -0.0797. The lowest BCUT2D eigenvalue weighted by molar-refractivity contribution is -0.114. The second kappa shape index (κ2) is 7.87. The number of hydrogen-bond acceptors (Lipinski definition) is 8. The Balaban J connectivity index is 1.75. The van der Waals surface area contributed by atoms with Gasteiger partial charge in [-0.25, -0.2) is 21.8 Å². The van der Waals surface area contributed by atoms with E-state index in [1.54, 1.807) is 7.05 Å². The highest BCUT2D eigenvalue weighted by atomic mass is 32.2. The Labute approximate surface area is 167 Å². The molecule has 0 radical (unpaired) electrons. The van der Waals surface area contributed by atoms with E-state index in [2.05, 4.69) is 15.4 Å². The molecule has 2 aromatic rings. The van der Waals surface area contributed by atoms with Crippen molar-refractivity contribution in [2.45, 2.75) is 22.4 Å². The number of sulfonamides is 2. The van der Waals surface area contributed by atoms with Gasteiger partial charge in [-0.1, -0.05) is 11.3 Å². The van der Waals surface area contributed by atoms with Crippen LogP contribution in [0.25, 0.3) is 0 Å². The minimum absolute atomic E-state index is 0.000170. The molecule has 1 aliphatic heterocycles. The topological polar surface area (TPSA) is 135 Å². The number of aromatic nitrogens is 3. The fourth-order valence-corrected chi connectivity index (χ4v) is 6.90. The van der Waals surface area contributed by atoms with Crippen molar-refractivity contribution in [1.82, 2.24) is 23.4 Å². The highest BCUT2D eigenvalue weighted by molar-refractivity contribution is 7.91. The summed E-state index contributed by atoms with van der Waals surface area (Å²) in [6, 6.07) is 0. The van der Waals surface area contributed by atoms with Crippen LogP contribution in [-0.4, -0.2) is 72.3 Å². The van der Waals surface area contributed by atoms with Crippen molar-refractivity contribution < 1.29 is 21.6 Å². The first-order valence-corrected chi connectivity index (χ1v) is 12.0. The van der Waals surface area contributed by atoms with Crippen LogP contribution in [0.15, 0.2) is 27.7 Å². The minimum Gasteiger partial charge on any atom is -0.302 e. The quantitative estimate of drug-likeness (QED) is 0.676. The van der Waals surface area contributed by atoms with Crippen molar-refractivity contribution in [2.24, 2.45) is 7.05 Å². The van der Waals surface area contributed by atoms with Crippen LogP contribution in [0, 0.1) is 0 Å². The van der Waals surface area contributed by atoms with Crippen LogP contribution in [0.3, 0.4) is 0 Å². The molecule has 0 bridgehead atoms. The van der Waals surface area contributed by atoms with Crippen molar-refractivity contribution in [3.05, 3.63) is 18.6 Å². The molecule has 3 rings (SSSR count). The molecule has 1 aliphatic rings. The molecule has 1 amide bonds. The van der Waals surface area contributed by atoms with Gasteiger partial charge in [0.1, 0.15) is 4.90 Å². The maximum absolute atomic E-state index is 12.9. The number of nitrogens with one attached hydrogen (secondary N) is 1. The average molecular weight is 449 g/mol. The van der Waals surface area contributed by atoms with Gasteiger partial charge in [-0.2, -0.15) is 13.7 Å². The van der Waals surface area contributed by atoms with E-state index < -0.39 is 20.0 Å². The van der Waals surface area contributed by atoms with Crippen LogP contribution in [0.5, 0.6) is 0 Å². The highest BCUT2D eigenvalue weighted by Gasteiger charge is 2.33. The Bertz CT molecular complexity index is 1070. The van der Waals surface area contributed by atoms with E-state index in [0.717, 1.165) is 11.3 Å². The number of hydrogen-bond donors (Lipinski definition) is 1. The number of rotatable bonds is 5. The fourth-order valence-electron chi connectivity index (χ4n) is 2.75. The lowest BCUT2D eigenvalue weighted by atomic mass is 10.4. The molecule has 0 spiro atoms. The van der Waals surface area contributed by atoms with Crippen LogP contribution in [0.4, 0.5) is 5.13 Å². The molecule has 1 saturated heterocycles. The summed E-state index contributed by atoms with van der Waals surface area (Å²) in [7, 11) is -5.94. The van der Waals surface area contributed by atoms with Gasteiger partial charge in [0.05, 0.1) is 12.4 Å². The van der Waals surface area contributed by atoms with Crippen molar-refractivity contribution >= 4 is 42.4 Å². The molecule has 154 valence electrons. The number of thiazole rings is 1. The lowest BCUT2D eigenvalue weighted by Gasteiger charge is -2.20. The van der Waals surface area contributed by atoms with Gasteiger partial charge in [0, 0.05) is 46.3 Å². The average Bonchev–Trinajstić information content (AvgIpc) is 3.16. The number of carbonyl (C=O) groups is 1. The zero-order valence-corrected chi connectivity index (χ0v) is 17.7. The number of nitrogens with zero attached hydrogens (tertiary/aromatic N) is 5. The van der Waals surface area contributed by atoms with Gasteiger partial charge in [0.15, 0.2) is 9.34 Å². The van der Waals surface area contributed by atoms with Crippen molar-refractivity contribution in [1.29, 1.82) is 0 Å². The van der Waals surface area contributed by atoms with Gasteiger partial charge >= 0.3 is 0 Å². The normalized spacial score (nSPS) is 17.4. The van der Waals surface area contributed by atoms with Gasteiger partial charge in [0.2, 0.25) is 15.9 Å². The maximum atomic E-state index is 12.9. The molecule has 0 aliphatic carbocycles. The van der Waals surface area contributed by atoms with E-state index >= 15 is 0 Å². The molecule has 28 heavy (non-hydrogen) atoms. The molecule has 14 heteroatoms. The summed E-state index contributed by atoms with van der Waals surface area (Å²) in [6.07, 6.45) is 4.24. The van der Waals surface area contributed by atoms with Crippen molar-refractivity contribution in [3.8, 4) is 0 Å². The van der Waals surface area contributed by atoms with E-state index in [9.17, 15) is 21.6 Å². The second-order valence-electron chi connectivity index (χ2n) is 6.18. The lowest BCUT2D eigenvalue weighted by Crippen LogP contribution is -2.37. The Hall–Kier alpha value is -1.87. The molecule has 0 saturated carbocycles. The van der Waals surface area contributed by atoms with E-state index in [1.807, 2.05) is 0 Å². The number of aryl methyl sites for hydroxylation is 1. The largest absolute Gasteiger partial charge is 0.302 e. The summed E-state index contributed by atoms with van der Waals surface area (Å²) in [5.41, 5.74) is 0. The number of carbonyl (C=O) groups excluding carboxylic acids is 1. The first-order valence-electron chi connectivity index (χ1n) is 8.33. The Morgan fingerprint density at radius 2 is 1.71 bits per heavy atom. The summed E-state index contributed by atoms with van der Waals surface area (Å²) >= 11 is 0.859. The first kappa shape index (κ1) is 20.9. The molecule has 1 N–H and O–H groups in total. The van der Waals surface area contributed by atoms with Gasteiger partial charge in [0.25, 0.3) is 10.0 Å². The van der Waals surface area contributed by atoms with Crippen molar-refractivity contribution in [3.63, 3.8) is 0 Å². The monoisotopic (exact) mass is 448 g/mol. The van der Waals surface area contributed by atoms with E-state index in [4.69, 9.17) is 0 Å². The summed E-state index contributed by atoms with van der Waals surface area (Å²) in [5.74, 6) is -0.343. The predicted molar refractivity (Wildman–Crippen MR) is 102 cm³/mol. The molecule has 0 aromatic carbocycles. The van der Waals surface area contributed by atoms with Crippen LogP contribution >= 0.6 is 11.3 Å². The van der Waals surface area contributed by atoms with E-state index in [0.29, 0.717) is 6.42 Å². The Kier molecular flexibility index (Phi) is 5.86. The van der Waals surface area contributed by atoms with E-state index in [1.165, 1.54) is 38.8 Å². The molecule has 2 aromatic heterocycles. The first-order chi connectivity index (χ1) is 13.1. The van der Waals surface area contributed by atoms with Gasteiger partial charge in [-0.15, -0.1) is 0 Å². The van der Waals surface area contributed by atoms with Crippen LogP contribution in [-0.2, 0) is 31.9 Å². The summed E-state index contributed by atoms with van der Waals surface area (Å²) < 4.78 is 55.1. The standard InChI is InChI=1S/C14H20N6O5S3/c1-11(21)17-14-15-9-13(26-14)28(24,25)20-5-3-4-19(6-7-20)27(22,23)12-8-16-18(2)10-12/h8-10H,3-7H2,1-2H3,(H,15,17,21). The van der Waals surface area contributed by atoms with Crippen LogP contribution in [0.1, 0.15) is 13.3 Å². The molecular formula is C14H20N6O5S3.